The molecule has 3 nitrogen and oxygen atoms in total. The normalized spacial score (nSPS) is 12.1. The minimum atomic E-state index is 1.15. The Morgan fingerprint density at radius 1 is 0.265 bits per heavy atom. The van der Waals surface area contributed by atoms with Crippen LogP contribution in [0.15, 0.2) is 176 Å². The number of rotatable bonds is 3. The molecule has 0 saturated heterocycles. The SMILES string of the molecule is c1ccc(-n2c3ccccc3c3c4c5ccccc5n(-c5ccc6c7ccc8ccccc8c7n(-c7ccccc7)c6c5)c4ccc32)cc1. The monoisotopic (exact) mass is 623 g/mol. The van der Waals surface area contributed by atoms with Crippen molar-refractivity contribution in [3.8, 4) is 17.1 Å². The minimum Gasteiger partial charge on any atom is -0.309 e. The molecule has 0 aliphatic heterocycles. The van der Waals surface area contributed by atoms with Crippen LogP contribution in [0.2, 0.25) is 0 Å². The van der Waals surface area contributed by atoms with Gasteiger partial charge in [-0.05, 0) is 66.0 Å². The van der Waals surface area contributed by atoms with Crippen molar-refractivity contribution >= 4 is 76.2 Å². The molecular weight excluding hydrogens is 595 g/mol. The van der Waals surface area contributed by atoms with E-state index in [1.807, 2.05) is 0 Å². The van der Waals surface area contributed by atoms with Crippen molar-refractivity contribution in [2.24, 2.45) is 0 Å². The van der Waals surface area contributed by atoms with Gasteiger partial charge in [0, 0.05) is 54.8 Å². The molecule has 0 aliphatic carbocycles. The van der Waals surface area contributed by atoms with Crippen LogP contribution in [0.3, 0.4) is 0 Å². The quantitative estimate of drug-likeness (QED) is 0.186. The molecule has 0 bridgehead atoms. The van der Waals surface area contributed by atoms with E-state index in [0.29, 0.717) is 0 Å². The maximum Gasteiger partial charge on any atom is 0.0619 e. The summed E-state index contributed by atoms with van der Waals surface area (Å²) in [5.41, 5.74) is 10.8. The predicted molar refractivity (Wildman–Crippen MR) is 207 cm³/mol. The minimum absolute atomic E-state index is 1.15. The molecule has 0 amide bonds. The fraction of sp³-hybridized carbons (Fsp3) is 0. The fourth-order valence-corrected chi connectivity index (χ4v) is 8.40. The molecule has 3 heteroatoms. The molecule has 8 aromatic carbocycles. The van der Waals surface area contributed by atoms with Crippen LogP contribution in [0.4, 0.5) is 0 Å². The third-order valence-electron chi connectivity index (χ3n) is 10.4. The third-order valence-corrected chi connectivity index (χ3v) is 10.4. The molecule has 11 aromatic rings. The lowest BCUT2D eigenvalue weighted by atomic mass is 10.1. The maximum absolute atomic E-state index is 2.46. The lowest BCUT2D eigenvalue weighted by Gasteiger charge is -2.12. The van der Waals surface area contributed by atoms with E-state index in [-0.39, 0.29) is 0 Å². The maximum atomic E-state index is 2.46. The van der Waals surface area contributed by atoms with Gasteiger partial charge in [0.15, 0.2) is 0 Å². The van der Waals surface area contributed by atoms with Crippen molar-refractivity contribution < 1.29 is 0 Å². The molecule has 49 heavy (non-hydrogen) atoms. The van der Waals surface area contributed by atoms with Gasteiger partial charge in [0.1, 0.15) is 0 Å². The summed E-state index contributed by atoms with van der Waals surface area (Å²) in [6, 6.07) is 64.1. The van der Waals surface area contributed by atoms with Gasteiger partial charge in [-0.3, -0.25) is 0 Å². The van der Waals surface area contributed by atoms with E-state index in [0.717, 1.165) is 11.4 Å². The molecule has 0 spiro atoms. The summed E-state index contributed by atoms with van der Waals surface area (Å²) in [7, 11) is 0. The van der Waals surface area contributed by atoms with Crippen LogP contribution in [0.5, 0.6) is 0 Å². The molecule has 3 aromatic heterocycles. The summed E-state index contributed by atoms with van der Waals surface area (Å²) in [6.07, 6.45) is 0. The van der Waals surface area contributed by atoms with E-state index in [9.17, 15) is 0 Å². The molecule has 0 unspecified atom stereocenters. The van der Waals surface area contributed by atoms with Crippen LogP contribution >= 0.6 is 0 Å². The van der Waals surface area contributed by atoms with Crippen LogP contribution in [-0.2, 0) is 0 Å². The first kappa shape index (κ1) is 26.5. The van der Waals surface area contributed by atoms with Crippen molar-refractivity contribution in [3.05, 3.63) is 176 Å². The molecular formula is C46H29N3. The third kappa shape index (κ3) is 3.62. The van der Waals surface area contributed by atoms with E-state index in [1.165, 1.54) is 81.9 Å². The predicted octanol–water partition coefficient (Wildman–Crippen LogP) is 12.1. The highest BCUT2D eigenvalue weighted by Crippen LogP contribution is 2.43. The van der Waals surface area contributed by atoms with Crippen LogP contribution in [0.1, 0.15) is 0 Å². The zero-order valence-corrected chi connectivity index (χ0v) is 26.6. The topological polar surface area (TPSA) is 14.8 Å². The van der Waals surface area contributed by atoms with E-state index in [1.54, 1.807) is 0 Å². The number of benzene rings is 8. The first-order chi connectivity index (χ1) is 24.3. The Morgan fingerprint density at radius 3 is 1.43 bits per heavy atom. The Labute approximate surface area is 282 Å². The fourth-order valence-electron chi connectivity index (χ4n) is 8.40. The van der Waals surface area contributed by atoms with Gasteiger partial charge in [-0.2, -0.15) is 0 Å². The molecule has 11 rings (SSSR count). The number of fused-ring (bicyclic) bond motifs is 12. The number of para-hydroxylation sites is 4. The van der Waals surface area contributed by atoms with Crippen molar-refractivity contribution in [1.29, 1.82) is 0 Å². The van der Waals surface area contributed by atoms with Crippen molar-refractivity contribution in [2.75, 3.05) is 0 Å². The molecule has 0 fully saturated rings. The molecule has 0 aliphatic rings. The van der Waals surface area contributed by atoms with Crippen LogP contribution < -0.4 is 0 Å². The van der Waals surface area contributed by atoms with Crippen LogP contribution in [0, 0.1) is 0 Å². The smallest absolute Gasteiger partial charge is 0.0619 e. The van der Waals surface area contributed by atoms with Gasteiger partial charge >= 0.3 is 0 Å². The second-order valence-electron chi connectivity index (χ2n) is 12.9. The molecule has 3 heterocycles. The summed E-state index contributed by atoms with van der Waals surface area (Å²) in [6.45, 7) is 0. The molecule has 0 atom stereocenters. The second kappa shape index (κ2) is 9.96. The number of hydrogen-bond acceptors (Lipinski definition) is 0. The number of nitrogens with zero attached hydrogens (tertiary/aromatic N) is 3. The Balaban J connectivity index is 1.27. The highest BCUT2D eigenvalue weighted by molar-refractivity contribution is 6.29. The lowest BCUT2D eigenvalue weighted by molar-refractivity contribution is 1.16. The van der Waals surface area contributed by atoms with Gasteiger partial charge in [0.05, 0.1) is 33.1 Å². The molecule has 0 N–H and O–H groups in total. The van der Waals surface area contributed by atoms with Gasteiger partial charge in [-0.15, -0.1) is 0 Å². The van der Waals surface area contributed by atoms with Gasteiger partial charge in [-0.25, -0.2) is 0 Å². The Bertz CT molecular complexity index is 3090. The number of aromatic nitrogens is 3. The standard InChI is InChI=1S/C46H29N3/c1-3-14-31(15-4-1)47-39-21-11-9-19-37(39)44-41(47)27-28-42-45(44)38-20-10-12-22-40(38)48(42)33-24-26-35-36-25-23-30-13-7-8-18-34(30)46(36)49(43(35)29-33)32-16-5-2-6-17-32/h1-29H. The summed E-state index contributed by atoms with van der Waals surface area (Å²) in [4.78, 5) is 0. The lowest BCUT2D eigenvalue weighted by Crippen LogP contribution is -1.97. The Kier molecular flexibility index (Phi) is 5.38. The van der Waals surface area contributed by atoms with E-state index < -0.39 is 0 Å². The van der Waals surface area contributed by atoms with Crippen molar-refractivity contribution in [1.82, 2.24) is 13.7 Å². The molecule has 228 valence electrons. The Morgan fingerprint density at radius 2 is 0.776 bits per heavy atom. The first-order valence-electron chi connectivity index (χ1n) is 16.9. The molecule has 0 radical (unpaired) electrons. The summed E-state index contributed by atoms with van der Waals surface area (Å²) in [5.74, 6) is 0. The van der Waals surface area contributed by atoms with Gasteiger partial charge in [0.25, 0.3) is 0 Å². The highest BCUT2D eigenvalue weighted by Gasteiger charge is 2.21. The van der Waals surface area contributed by atoms with E-state index in [4.69, 9.17) is 0 Å². The Hall–Kier alpha value is -6.58. The summed E-state index contributed by atoms with van der Waals surface area (Å²) >= 11 is 0. The highest BCUT2D eigenvalue weighted by atomic mass is 15.0. The van der Waals surface area contributed by atoms with Crippen molar-refractivity contribution in [3.63, 3.8) is 0 Å². The average Bonchev–Trinajstić information content (AvgIpc) is 3.81. The van der Waals surface area contributed by atoms with E-state index in [2.05, 4.69) is 190 Å². The second-order valence-corrected chi connectivity index (χ2v) is 12.9. The van der Waals surface area contributed by atoms with Gasteiger partial charge < -0.3 is 13.7 Å². The van der Waals surface area contributed by atoms with Crippen LogP contribution in [0.25, 0.3) is 93.3 Å². The summed E-state index contributed by atoms with van der Waals surface area (Å²) in [5, 5.41) is 10.1. The van der Waals surface area contributed by atoms with Crippen molar-refractivity contribution in [2.45, 2.75) is 0 Å². The van der Waals surface area contributed by atoms with Gasteiger partial charge in [0.2, 0.25) is 0 Å². The largest absolute Gasteiger partial charge is 0.309 e. The zero-order chi connectivity index (χ0) is 32.1. The van der Waals surface area contributed by atoms with Crippen LogP contribution in [-0.4, -0.2) is 13.7 Å². The molecule has 0 saturated carbocycles. The average molecular weight is 624 g/mol. The van der Waals surface area contributed by atoms with Gasteiger partial charge in [-0.1, -0.05) is 115 Å². The first-order valence-corrected chi connectivity index (χ1v) is 16.9. The number of hydrogen-bond donors (Lipinski definition) is 0. The zero-order valence-electron chi connectivity index (χ0n) is 26.6. The van der Waals surface area contributed by atoms with E-state index >= 15 is 0 Å². The summed E-state index contributed by atoms with van der Waals surface area (Å²) < 4.78 is 7.32.